The molecule has 1 aromatic carbocycles. The predicted molar refractivity (Wildman–Crippen MR) is 72.4 cm³/mol. The average molecular weight is 332 g/mol. The number of benzene rings is 1. The predicted octanol–water partition coefficient (Wildman–Crippen LogP) is -1.57. The van der Waals surface area contributed by atoms with Crippen molar-refractivity contribution in [1.82, 2.24) is 0 Å². The molecule has 0 saturated heterocycles. The number of hydrogen-bond donors (Lipinski definition) is 0. The molecule has 118 valence electrons. The van der Waals surface area contributed by atoms with E-state index in [0.29, 0.717) is 0 Å². The Bertz CT molecular complexity index is 839. The molecule has 0 amide bonds. The Hall–Kier alpha value is -2.02. The maximum absolute atomic E-state index is 8.49. The van der Waals surface area contributed by atoms with E-state index in [1.807, 2.05) is 0 Å². The molecule has 1 aliphatic rings. The second-order valence-electron chi connectivity index (χ2n) is 5.28. The van der Waals surface area contributed by atoms with Crippen molar-refractivity contribution < 1.29 is 33.3 Å². The zero-order valence-electron chi connectivity index (χ0n) is 12.1. The lowest BCUT2D eigenvalue weighted by Gasteiger charge is -2.17. The van der Waals surface area contributed by atoms with E-state index in [4.69, 9.17) is 18.6 Å². The quantitative estimate of drug-likeness (QED) is 0.465. The number of hydrogen-bond acceptors (Lipinski definition) is 4. The van der Waals surface area contributed by atoms with Gasteiger partial charge in [-0.2, -0.15) is 4.40 Å². The SMILES string of the molecule is [O-][Cl+3]([O-])([O-])[O-].c1ccc2c(c1)CCc1c[n+]3ccccc3cc1-2. The standard InChI is InChI=1S/C17H14N.ClHO4/c1-2-7-16-13(5-1)8-9-14-12-18-10-4-3-6-15(18)11-17(14)16;2-1(3,4)5/h1-7,10-12H,8-9H2;(H,2,3,4,5)/q+1;/p-1. The summed E-state index contributed by atoms with van der Waals surface area (Å²) in [6, 6.07) is 17.4. The van der Waals surface area contributed by atoms with Gasteiger partial charge in [-0.15, -0.1) is 10.2 Å². The van der Waals surface area contributed by atoms with Crippen molar-refractivity contribution in [2.45, 2.75) is 12.8 Å². The van der Waals surface area contributed by atoms with Crippen LogP contribution in [0.3, 0.4) is 0 Å². The van der Waals surface area contributed by atoms with Gasteiger partial charge in [-0.3, -0.25) is 0 Å². The summed E-state index contributed by atoms with van der Waals surface area (Å²) in [6.45, 7) is 0. The van der Waals surface area contributed by atoms with Crippen molar-refractivity contribution in [3.63, 3.8) is 0 Å². The van der Waals surface area contributed by atoms with Gasteiger partial charge in [0.25, 0.3) is 0 Å². The normalized spacial score (nSPS) is 12.9. The molecule has 3 aromatic rings. The molecule has 5 nitrogen and oxygen atoms in total. The van der Waals surface area contributed by atoms with E-state index in [2.05, 4.69) is 65.3 Å². The van der Waals surface area contributed by atoms with Crippen LogP contribution in [0.25, 0.3) is 16.6 Å². The highest BCUT2D eigenvalue weighted by atomic mass is 35.7. The van der Waals surface area contributed by atoms with Crippen molar-refractivity contribution >= 4 is 5.52 Å². The van der Waals surface area contributed by atoms with Gasteiger partial charge < -0.3 is 0 Å². The van der Waals surface area contributed by atoms with Gasteiger partial charge in [-0.25, -0.2) is 18.6 Å². The number of fused-ring (bicyclic) bond motifs is 4. The highest BCUT2D eigenvalue weighted by Gasteiger charge is 2.19. The van der Waals surface area contributed by atoms with Crippen LogP contribution in [0.1, 0.15) is 11.1 Å². The molecular formula is C17H14ClNO4. The lowest BCUT2D eigenvalue weighted by Crippen LogP contribution is -2.68. The monoisotopic (exact) mass is 331 g/mol. The van der Waals surface area contributed by atoms with Crippen LogP contribution in [0.2, 0.25) is 0 Å². The minimum Gasteiger partial charge on any atom is -0.222 e. The van der Waals surface area contributed by atoms with Crippen LogP contribution in [0.15, 0.2) is 60.9 Å². The number of aryl methyl sites for hydroxylation is 2. The van der Waals surface area contributed by atoms with E-state index in [0.717, 1.165) is 12.8 Å². The summed E-state index contributed by atoms with van der Waals surface area (Å²) in [5, 5.41) is 0. The first-order valence-electron chi connectivity index (χ1n) is 7.05. The molecule has 2 aromatic heterocycles. The molecule has 4 rings (SSSR count). The van der Waals surface area contributed by atoms with E-state index < -0.39 is 10.2 Å². The van der Waals surface area contributed by atoms with E-state index in [1.165, 1.54) is 27.8 Å². The average Bonchev–Trinajstić information content (AvgIpc) is 2.51. The van der Waals surface area contributed by atoms with Crippen molar-refractivity contribution in [3.8, 4) is 11.1 Å². The summed E-state index contributed by atoms with van der Waals surface area (Å²) < 4.78 is 36.2. The van der Waals surface area contributed by atoms with Crippen LogP contribution in [0.4, 0.5) is 0 Å². The lowest BCUT2D eigenvalue weighted by molar-refractivity contribution is -2.00. The molecular weight excluding hydrogens is 318 g/mol. The molecule has 0 fully saturated rings. The number of halogens is 1. The van der Waals surface area contributed by atoms with Crippen molar-refractivity contribution in [1.29, 1.82) is 0 Å². The maximum Gasteiger partial charge on any atom is 0.211 e. The molecule has 0 atom stereocenters. The fraction of sp³-hybridized carbons (Fsp3) is 0.118. The van der Waals surface area contributed by atoms with Gasteiger partial charge in [0.05, 0.1) is 0 Å². The Balaban J connectivity index is 0.000000276. The van der Waals surface area contributed by atoms with Gasteiger partial charge in [0.1, 0.15) is 0 Å². The summed E-state index contributed by atoms with van der Waals surface area (Å²) in [6.07, 6.45) is 6.70. The smallest absolute Gasteiger partial charge is 0.211 e. The fourth-order valence-electron chi connectivity index (χ4n) is 2.91. The molecule has 6 heteroatoms. The number of pyridine rings is 2. The Kier molecular flexibility index (Phi) is 4.30. The number of rotatable bonds is 0. The first-order valence-corrected chi connectivity index (χ1v) is 8.28. The van der Waals surface area contributed by atoms with Crippen LogP contribution in [0, 0.1) is 10.2 Å². The van der Waals surface area contributed by atoms with Gasteiger partial charge in [0.15, 0.2) is 12.4 Å². The topological polar surface area (TPSA) is 96.3 Å². The Morgan fingerprint density at radius 1 is 0.783 bits per heavy atom. The van der Waals surface area contributed by atoms with Crippen molar-refractivity contribution in [2.75, 3.05) is 0 Å². The Morgan fingerprint density at radius 3 is 2.22 bits per heavy atom. The highest BCUT2D eigenvalue weighted by Crippen LogP contribution is 2.32. The number of nitrogens with zero attached hydrogens (tertiary/aromatic N) is 1. The van der Waals surface area contributed by atoms with Crippen LogP contribution < -0.4 is 23.0 Å². The van der Waals surface area contributed by atoms with Crippen LogP contribution in [-0.4, -0.2) is 0 Å². The van der Waals surface area contributed by atoms with Crippen molar-refractivity contribution in [3.05, 3.63) is 72.1 Å². The van der Waals surface area contributed by atoms with Crippen molar-refractivity contribution in [2.24, 2.45) is 0 Å². The van der Waals surface area contributed by atoms with Gasteiger partial charge in [-0.05, 0) is 35.6 Å². The van der Waals surface area contributed by atoms with Gasteiger partial charge in [0.2, 0.25) is 5.52 Å². The summed E-state index contributed by atoms with van der Waals surface area (Å²) in [5.41, 5.74) is 7.00. The number of aromatic nitrogens is 1. The molecule has 2 heterocycles. The van der Waals surface area contributed by atoms with Crippen LogP contribution in [-0.2, 0) is 12.8 Å². The van der Waals surface area contributed by atoms with Crippen LogP contribution in [0.5, 0.6) is 0 Å². The molecule has 0 saturated carbocycles. The first-order chi connectivity index (χ1) is 10.9. The molecule has 1 aliphatic carbocycles. The lowest BCUT2D eigenvalue weighted by atomic mass is 9.86. The molecule has 0 aliphatic heterocycles. The summed E-state index contributed by atoms with van der Waals surface area (Å²) >= 11 is 0. The zero-order valence-corrected chi connectivity index (χ0v) is 12.9. The Labute approximate surface area is 135 Å². The minimum absolute atomic E-state index is 1.14. The summed E-state index contributed by atoms with van der Waals surface area (Å²) in [4.78, 5) is 0. The second kappa shape index (κ2) is 6.23. The first kappa shape index (κ1) is 15.9. The third-order valence-electron chi connectivity index (χ3n) is 3.83. The third kappa shape index (κ3) is 3.85. The fourth-order valence-corrected chi connectivity index (χ4v) is 2.91. The maximum atomic E-state index is 8.49. The zero-order chi connectivity index (χ0) is 16.4. The molecule has 23 heavy (non-hydrogen) atoms. The Morgan fingerprint density at radius 2 is 1.43 bits per heavy atom. The van der Waals surface area contributed by atoms with Gasteiger partial charge >= 0.3 is 0 Å². The molecule has 0 bridgehead atoms. The molecule has 0 N–H and O–H groups in total. The highest BCUT2D eigenvalue weighted by molar-refractivity contribution is 5.75. The summed E-state index contributed by atoms with van der Waals surface area (Å²) in [7, 11) is -4.94. The van der Waals surface area contributed by atoms with E-state index in [9.17, 15) is 0 Å². The molecule has 0 unspecified atom stereocenters. The second-order valence-corrected chi connectivity index (χ2v) is 6.04. The third-order valence-corrected chi connectivity index (χ3v) is 3.83. The van der Waals surface area contributed by atoms with Crippen LogP contribution >= 0.6 is 0 Å². The van der Waals surface area contributed by atoms with E-state index in [-0.39, 0.29) is 0 Å². The van der Waals surface area contributed by atoms with Gasteiger partial charge in [-0.1, -0.05) is 24.3 Å². The van der Waals surface area contributed by atoms with E-state index in [1.54, 1.807) is 0 Å². The van der Waals surface area contributed by atoms with E-state index >= 15 is 0 Å². The van der Waals surface area contributed by atoms with Gasteiger partial charge in [0, 0.05) is 23.8 Å². The summed E-state index contributed by atoms with van der Waals surface area (Å²) in [5.74, 6) is 0. The largest absolute Gasteiger partial charge is 0.222 e. The molecule has 0 spiro atoms. The minimum atomic E-state index is -4.94. The molecule has 0 radical (unpaired) electrons.